The summed E-state index contributed by atoms with van der Waals surface area (Å²) in [5, 5.41) is 21.0. The molecule has 4 rings (SSSR count). The van der Waals surface area contributed by atoms with Crippen molar-refractivity contribution in [1.82, 2.24) is 9.88 Å². The van der Waals surface area contributed by atoms with Gasteiger partial charge in [-0.25, -0.2) is 9.59 Å². The third kappa shape index (κ3) is 5.55. The van der Waals surface area contributed by atoms with Gasteiger partial charge >= 0.3 is 11.9 Å². The monoisotopic (exact) mass is 516 g/mol. The Bertz CT molecular complexity index is 1120. The van der Waals surface area contributed by atoms with Crippen LogP contribution in [0.2, 0.25) is 0 Å². The maximum Gasteiger partial charge on any atom is 0.417 e. The van der Waals surface area contributed by atoms with E-state index >= 15 is 0 Å². The summed E-state index contributed by atoms with van der Waals surface area (Å²) in [4.78, 5) is 27.9. The Kier molecular flexibility index (Phi) is 7.02. The van der Waals surface area contributed by atoms with Gasteiger partial charge in [0.1, 0.15) is 18.5 Å². The van der Waals surface area contributed by atoms with Crippen LogP contribution in [0.25, 0.3) is 10.9 Å². The highest BCUT2D eigenvalue weighted by atomic mass is 79.9. The van der Waals surface area contributed by atoms with E-state index in [0.717, 1.165) is 20.9 Å². The number of halogens is 1. The first-order chi connectivity index (χ1) is 15.8. The van der Waals surface area contributed by atoms with Gasteiger partial charge in [0.2, 0.25) is 0 Å². The van der Waals surface area contributed by atoms with Crippen LogP contribution in [0.4, 0.5) is 0 Å². The molecule has 33 heavy (non-hydrogen) atoms. The summed E-state index contributed by atoms with van der Waals surface area (Å²) >= 11 is 3.41. The Morgan fingerprint density at radius 2 is 1.85 bits per heavy atom. The highest BCUT2D eigenvalue weighted by molar-refractivity contribution is 9.10. The molecular formula is C24H25BrN2O6. The van der Waals surface area contributed by atoms with E-state index in [-0.39, 0.29) is 6.61 Å². The summed E-state index contributed by atoms with van der Waals surface area (Å²) in [7, 11) is 0. The van der Waals surface area contributed by atoms with E-state index in [1.54, 1.807) is 6.20 Å². The molecule has 0 aliphatic carbocycles. The molecule has 0 unspecified atom stereocenters. The van der Waals surface area contributed by atoms with Crippen LogP contribution >= 0.6 is 15.9 Å². The number of benzene rings is 2. The van der Waals surface area contributed by atoms with E-state index < -0.39 is 23.6 Å². The number of fused-ring (bicyclic) bond motifs is 1. The van der Waals surface area contributed by atoms with E-state index in [4.69, 9.17) is 14.6 Å². The molecule has 0 amide bonds. The fraction of sp³-hybridized carbons (Fsp3) is 0.333. The Labute approximate surface area is 199 Å². The molecule has 0 bridgehead atoms. The number of carboxylic acid groups (broad SMARTS) is 1. The van der Waals surface area contributed by atoms with Crippen molar-refractivity contribution in [1.29, 1.82) is 0 Å². The van der Waals surface area contributed by atoms with Crippen LogP contribution in [0.5, 0.6) is 5.75 Å². The summed E-state index contributed by atoms with van der Waals surface area (Å²) < 4.78 is 12.1. The van der Waals surface area contributed by atoms with Crippen LogP contribution in [0.3, 0.4) is 0 Å². The molecule has 1 aliphatic heterocycles. The van der Waals surface area contributed by atoms with E-state index in [9.17, 15) is 14.7 Å². The number of piperidine rings is 1. The highest BCUT2D eigenvalue weighted by Crippen LogP contribution is 2.33. The molecule has 1 aliphatic rings. The van der Waals surface area contributed by atoms with E-state index in [2.05, 4.69) is 20.9 Å². The average molecular weight is 517 g/mol. The molecule has 0 radical (unpaired) electrons. The number of carbonyl (C=O) groups excluding carboxylic acids is 1. The van der Waals surface area contributed by atoms with Crippen molar-refractivity contribution in [3.8, 4) is 5.75 Å². The van der Waals surface area contributed by atoms with Crippen molar-refractivity contribution < 1.29 is 29.3 Å². The van der Waals surface area contributed by atoms with Crippen LogP contribution < -0.4 is 4.74 Å². The predicted octanol–water partition coefficient (Wildman–Crippen LogP) is 3.29. The van der Waals surface area contributed by atoms with Gasteiger partial charge in [-0.2, -0.15) is 0 Å². The third-order valence-corrected chi connectivity index (χ3v) is 6.48. The van der Waals surface area contributed by atoms with Gasteiger partial charge < -0.3 is 24.7 Å². The van der Waals surface area contributed by atoms with Crippen molar-refractivity contribution in [2.75, 3.05) is 26.2 Å². The SMILES string of the molecule is O=C(O)C(=O)O[C@H](COc1cccc2[nH]ccc12)CN1CCC(O)(c2ccc(Br)cc2)CC1. The van der Waals surface area contributed by atoms with Gasteiger partial charge in [0.25, 0.3) is 0 Å². The zero-order chi connectivity index (χ0) is 23.4. The number of rotatable bonds is 7. The number of carboxylic acids is 1. The lowest BCUT2D eigenvalue weighted by Gasteiger charge is -2.39. The van der Waals surface area contributed by atoms with Crippen LogP contribution in [0.15, 0.2) is 59.2 Å². The Morgan fingerprint density at radius 3 is 2.55 bits per heavy atom. The largest absolute Gasteiger partial charge is 0.489 e. The second kappa shape index (κ2) is 9.94. The van der Waals surface area contributed by atoms with Gasteiger partial charge in [-0.05, 0) is 48.7 Å². The first-order valence-electron chi connectivity index (χ1n) is 10.7. The molecule has 8 nitrogen and oxygen atoms in total. The number of esters is 1. The lowest BCUT2D eigenvalue weighted by molar-refractivity contribution is -0.169. The molecule has 2 heterocycles. The fourth-order valence-electron chi connectivity index (χ4n) is 4.13. The zero-order valence-corrected chi connectivity index (χ0v) is 19.5. The minimum Gasteiger partial charge on any atom is -0.489 e. The summed E-state index contributed by atoms with van der Waals surface area (Å²) in [6.07, 6.45) is 2.05. The Hall–Kier alpha value is -2.88. The van der Waals surface area contributed by atoms with Crippen molar-refractivity contribution in [3.63, 3.8) is 0 Å². The molecule has 174 valence electrons. The number of hydrogen-bond acceptors (Lipinski definition) is 6. The summed E-state index contributed by atoms with van der Waals surface area (Å²) in [6, 6.07) is 15.1. The molecule has 9 heteroatoms. The predicted molar refractivity (Wildman–Crippen MR) is 125 cm³/mol. The number of hydrogen-bond donors (Lipinski definition) is 3. The van der Waals surface area contributed by atoms with Gasteiger partial charge in [-0.15, -0.1) is 0 Å². The molecule has 1 atom stereocenters. The van der Waals surface area contributed by atoms with Gasteiger partial charge in [0, 0.05) is 41.2 Å². The molecule has 1 fully saturated rings. The molecule has 3 N–H and O–H groups in total. The second-order valence-electron chi connectivity index (χ2n) is 8.18. The lowest BCUT2D eigenvalue weighted by atomic mass is 9.84. The maximum atomic E-state index is 11.7. The van der Waals surface area contributed by atoms with Crippen molar-refractivity contribution in [3.05, 3.63) is 64.8 Å². The van der Waals surface area contributed by atoms with Gasteiger partial charge in [0.15, 0.2) is 0 Å². The van der Waals surface area contributed by atoms with E-state index in [1.807, 2.05) is 53.4 Å². The summed E-state index contributed by atoms with van der Waals surface area (Å²) in [6.45, 7) is 1.46. The average Bonchev–Trinajstić information content (AvgIpc) is 3.29. The van der Waals surface area contributed by atoms with Crippen LogP contribution in [-0.4, -0.2) is 64.4 Å². The Morgan fingerprint density at radius 1 is 1.12 bits per heavy atom. The molecule has 0 spiro atoms. The van der Waals surface area contributed by atoms with Crippen LogP contribution in [-0.2, 0) is 19.9 Å². The maximum absolute atomic E-state index is 11.7. The van der Waals surface area contributed by atoms with E-state index in [1.165, 1.54) is 0 Å². The van der Waals surface area contributed by atoms with Crippen LogP contribution in [0.1, 0.15) is 18.4 Å². The number of nitrogens with one attached hydrogen (secondary N) is 1. The number of nitrogens with zero attached hydrogens (tertiary/aromatic N) is 1. The minimum atomic E-state index is -1.64. The smallest absolute Gasteiger partial charge is 0.417 e. The van der Waals surface area contributed by atoms with Crippen molar-refractivity contribution >= 4 is 38.8 Å². The quantitative estimate of drug-likeness (QED) is 0.326. The molecule has 0 saturated carbocycles. The number of ether oxygens (including phenoxy) is 2. The summed E-state index contributed by atoms with van der Waals surface area (Å²) in [5.74, 6) is -2.34. The standard InChI is InChI=1S/C24H25BrN2O6/c25-17-6-4-16(5-7-17)24(31)9-12-27(13-10-24)14-18(33-23(30)22(28)29)15-32-21-3-1-2-20-19(21)8-11-26-20/h1-8,11,18,26,31H,9-10,12-15H2,(H,28,29)/t18-/m0/s1. The molecule has 3 aromatic rings. The normalized spacial score (nSPS) is 16.9. The molecule has 1 saturated heterocycles. The lowest BCUT2D eigenvalue weighted by Crippen LogP contribution is -2.47. The highest BCUT2D eigenvalue weighted by Gasteiger charge is 2.35. The summed E-state index contributed by atoms with van der Waals surface area (Å²) in [5.41, 5.74) is 0.849. The first kappa shape index (κ1) is 23.3. The third-order valence-electron chi connectivity index (χ3n) is 5.95. The van der Waals surface area contributed by atoms with Crippen molar-refractivity contribution in [2.24, 2.45) is 0 Å². The van der Waals surface area contributed by atoms with Gasteiger partial charge in [0.05, 0.1) is 5.60 Å². The minimum absolute atomic E-state index is 0.0107. The number of aromatic nitrogens is 1. The number of carbonyl (C=O) groups is 2. The second-order valence-corrected chi connectivity index (χ2v) is 9.09. The molecule has 2 aromatic carbocycles. The fourth-order valence-corrected chi connectivity index (χ4v) is 4.40. The number of aromatic amines is 1. The topological polar surface area (TPSA) is 112 Å². The molecule has 1 aromatic heterocycles. The Balaban J connectivity index is 1.40. The van der Waals surface area contributed by atoms with E-state index in [0.29, 0.717) is 38.2 Å². The number of aliphatic hydroxyl groups is 1. The van der Waals surface area contributed by atoms with Gasteiger partial charge in [-0.1, -0.05) is 34.1 Å². The van der Waals surface area contributed by atoms with Crippen LogP contribution in [0, 0.1) is 0 Å². The van der Waals surface area contributed by atoms with Crippen molar-refractivity contribution in [2.45, 2.75) is 24.5 Å². The first-order valence-corrected chi connectivity index (χ1v) is 11.5. The molecular weight excluding hydrogens is 492 g/mol. The van der Waals surface area contributed by atoms with Gasteiger partial charge in [-0.3, -0.25) is 4.90 Å². The number of aliphatic carboxylic acids is 1. The number of H-pyrrole nitrogens is 1. The number of likely N-dealkylation sites (tertiary alicyclic amines) is 1. The zero-order valence-electron chi connectivity index (χ0n) is 17.9.